The predicted molar refractivity (Wildman–Crippen MR) is 27.7 cm³/mol. The summed E-state index contributed by atoms with van der Waals surface area (Å²) < 4.78 is 2.89. The summed E-state index contributed by atoms with van der Waals surface area (Å²) in [5.74, 6) is 0. The van der Waals surface area contributed by atoms with E-state index in [1.807, 2.05) is 0 Å². The van der Waals surface area contributed by atoms with Crippen LogP contribution in [0.15, 0.2) is 0 Å². The van der Waals surface area contributed by atoms with Crippen molar-refractivity contribution < 1.29 is 15.4 Å². The van der Waals surface area contributed by atoms with E-state index in [1.165, 1.54) is 12.8 Å². The Bertz CT molecular complexity index is 61.1. The zero-order valence-corrected chi connectivity index (χ0v) is 5.59. The quantitative estimate of drug-likeness (QED) is 0.316. The first-order chi connectivity index (χ1) is 3.41. The zero-order chi connectivity index (χ0) is 5.54. The molecule has 0 amide bonds. The molecule has 0 saturated heterocycles. The first-order valence-corrected chi connectivity index (χ1v) is 3.13. The van der Waals surface area contributed by atoms with Gasteiger partial charge in [0.05, 0.1) is 0 Å². The summed E-state index contributed by atoms with van der Waals surface area (Å²) in [5.41, 5.74) is 0. The van der Waals surface area contributed by atoms with Gasteiger partial charge in [0.25, 0.3) is 0 Å². The molecule has 0 unspecified atom stereocenters. The zero-order valence-electron chi connectivity index (χ0n) is 4.41. The van der Waals surface area contributed by atoms with Gasteiger partial charge in [-0.2, -0.15) is 0 Å². The van der Waals surface area contributed by atoms with E-state index in [9.17, 15) is 0 Å². The molecule has 0 atom stereocenters. The molecule has 0 aliphatic heterocycles. The summed E-state index contributed by atoms with van der Waals surface area (Å²) in [4.78, 5) is 0. The van der Waals surface area contributed by atoms with Crippen LogP contribution in [0.1, 0.15) is 25.7 Å². The topological polar surface area (TPSA) is 0 Å². The van der Waals surface area contributed by atoms with E-state index < -0.39 is 0 Å². The Labute approximate surface area is 53.3 Å². The van der Waals surface area contributed by atoms with Crippen molar-refractivity contribution in [2.75, 3.05) is 0 Å². The summed E-state index contributed by atoms with van der Waals surface area (Å²) >= 11 is 3.11. The Balaban J connectivity index is 2.60. The molecule has 0 radical (unpaired) electrons. The van der Waals surface area contributed by atoms with Crippen molar-refractivity contribution in [3.05, 3.63) is 6.92 Å². The second kappa shape index (κ2) is 6.30. The van der Waals surface area contributed by atoms with Crippen LogP contribution < -0.4 is 0 Å². The first kappa shape index (κ1) is 7.30. The number of rotatable bonds is 3. The molecule has 42 valence electrons. The average molecular weight is 137 g/mol. The summed E-state index contributed by atoms with van der Waals surface area (Å²) in [7, 11) is 0. The van der Waals surface area contributed by atoms with Crippen molar-refractivity contribution in [3.63, 3.8) is 0 Å². The number of unbranched alkanes of at least 4 members (excludes halogenated alkanes) is 3. The first-order valence-electron chi connectivity index (χ1n) is 2.54. The van der Waals surface area contributed by atoms with Gasteiger partial charge in [-0.15, -0.1) is 0 Å². The summed E-state index contributed by atoms with van der Waals surface area (Å²) in [6.45, 7) is 3.71. The van der Waals surface area contributed by atoms with Crippen molar-refractivity contribution in [3.8, 4) is 4.73 Å². The molecule has 0 saturated carbocycles. The van der Waals surface area contributed by atoms with Crippen molar-refractivity contribution in [2.24, 2.45) is 0 Å². The molecule has 1 heteroatoms. The monoisotopic (exact) mass is 137 g/mol. The van der Waals surface area contributed by atoms with Crippen LogP contribution in [0.4, 0.5) is 0 Å². The van der Waals surface area contributed by atoms with Crippen LogP contribution in [-0.2, 0) is 15.4 Å². The summed E-state index contributed by atoms with van der Waals surface area (Å²) in [6.07, 6.45) is 4.54. The SMILES string of the molecule is [CH2-]CCCC[C]#[Mn]. The minimum absolute atomic E-state index is 1.05. The van der Waals surface area contributed by atoms with Gasteiger partial charge in [-0.3, -0.25) is 0 Å². The third kappa shape index (κ3) is 6.30. The van der Waals surface area contributed by atoms with Crippen molar-refractivity contribution in [1.29, 1.82) is 0 Å². The van der Waals surface area contributed by atoms with Crippen LogP contribution in [0.2, 0.25) is 0 Å². The summed E-state index contributed by atoms with van der Waals surface area (Å²) in [5, 5.41) is 0. The molecule has 0 aliphatic rings. The Morgan fingerprint density at radius 3 is 2.57 bits per heavy atom. The molecule has 0 aromatic carbocycles. The summed E-state index contributed by atoms with van der Waals surface area (Å²) in [6, 6.07) is 0. The van der Waals surface area contributed by atoms with E-state index in [0.29, 0.717) is 0 Å². The van der Waals surface area contributed by atoms with Gasteiger partial charge in [-0.25, -0.2) is 0 Å². The molecule has 0 rings (SSSR count). The van der Waals surface area contributed by atoms with E-state index in [1.54, 1.807) is 0 Å². The van der Waals surface area contributed by atoms with Gasteiger partial charge in [0, 0.05) is 0 Å². The van der Waals surface area contributed by atoms with E-state index >= 15 is 0 Å². The van der Waals surface area contributed by atoms with Gasteiger partial charge in [-0.05, 0) is 0 Å². The number of hydrogen-bond donors (Lipinski definition) is 0. The number of hydrogen-bond acceptors (Lipinski definition) is 0. The molecule has 0 spiro atoms. The van der Waals surface area contributed by atoms with Gasteiger partial charge in [-0.1, -0.05) is 0 Å². The third-order valence-corrected chi connectivity index (χ3v) is 1.07. The van der Waals surface area contributed by atoms with E-state index in [0.717, 1.165) is 12.8 Å². The second-order valence-corrected chi connectivity index (χ2v) is 1.86. The van der Waals surface area contributed by atoms with Gasteiger partial charge in [0.2, 0.25) is 0 Å². The fourth-order valence-corrected chi connectivity index (χ4v) is 0.577. The fourth-order valence-electron chi connectivity index (χ4n) is 0.369. The molecular formula is C6H10Mn-. The van der Waals surface area contributed by atoms with Crippen LogP contribution in [0, 0.1) is 11.7 Å². The third-order valence-electron chi connectivity index (χ3n) is 0.771. The molecule has 0 heterocycles. The van der Waals surface area contributed by atoms with Gasteiger partial charge in [0.15, 0.2) is 0 Å². The molecule has 0 bridgehead atoms. The molecule has 0 aromatic rings. The second-order valence-electron chi connectivity index (χ2n) is 1.44. The van der Waals surface area contributed by atoms with E-state index in [2.05, 4.69) is 27.0 Å². The maximum atomic E-state index is 3.71. The maximum absolute atomic E-state index is 3.71. The molecule has 0 aliphatic carbocycles. The van der Waals surface area contributed by atoms with Gasteiger partial charge >= 0.3 is 52.7 Å². The van der Waals surface area contributed by atoms with Crippen LogP contribution in [0.25, 0.3) is 0 Å². The van der Waals surface area contributed by atoms with Crippen LogP contribution in [-0.4, -0.2) is 0 Å². The average Bonchev–Trinajstić information content (AvgIpc) is 1.69. The molecule has 0 fully saturated rings. The Morgan fingerprint density at radius 2 is 2.14 bits per heavy atom. The van der Waals surface area contributed by atoms with Crippen LogP contribution in [0.3, 0.4) is 0 Å². The molecular weight excluding hydrogens is 127 g/mol. The minimum atomic E-state index is 1.05. The van der Waals surface area contributed by atoms with E-state index in [-0.39, 0.29) is 0 Å². The molecule has 0 N–H and O–H groups in total. The molecule has 0 aromatic heterocycles. The van der Waals surface area contributed by atoms with Crippen molar-refractivity contribution >= 4 is 0 Å². The van der Waals surface area contributed by atoms with Gasteiger partial charge in [0.1, 0.15) is 0 Å². The Morgan fingerprint density at radius 1 is 1.43 bits per heavy atom. The van der Waals surface area contributed by atoms with Crippen molar-refractivity contribution in [2.45, 2.75) is 25.7 Å². The van der Waals surface area contributed by atoms with Gasteiger partial charge < -0.3 is 0 Å². The fraction of sp³-hybridized carbons (Fsp3) is 0.667. The Hall–Kier alpha value is 0.299. The van der Waals surface area contributed by atoms with Crippen LogP contribution >= 0.6 is 0 Å². The van der Waals surface area contributed by atoms with Crippen molar-refractivity contribution in [1.82, 2.24) is 0 Å². The Kier molecular flexibility index (Phi) is 6.57. The molecule has 0 nitrogen and oxygen atoms in total. The normalized spacial score (nSPS) is 8.14. The standard InChI is InChI=1S/C6H10.Mn/c1-3-5-6-4-2;/h1,3-6H2;/q-1;. The predicted octanol–water partition coefficient (Wildman–Crippen LogP) is 1.89. The van der Waals surface area contributed by atoms with Crippen LogP contribution in [0.5, 0.6) is 0 Å². The van der Waals surface area contributed by atoms with E-state index in [4.69, 9.17) is 0 Å². The molecule has 7 heavy (non-hydrogen) atoms.